The first-order valence-electron chi connectivity index (χ1n) is 7.41. The van der Waals surface area contributed by atoms with E-state index < -0.39 is 5.91 Å². The highest BCUT2D eigenvalue weighted by Gasteiger charge is 2.12. The minimum atomic E-state index is -0.396. The molecule has 5 heteroatoms. The van der Waals surface area contributed by atoms with Gasteiger partial charge in [-0.2, -0.15) is 0 Å². The zero-order valence-electron chi connectivity index (χ0n) is 13.0. The highest BCUT2D eigenvalue weighted by Crippen LogP contribution is 2.10. The van der Waals surface area contributed by atoms with Crippen molar-refractivity contribution < 1.29 is 15.1 Å². The van der Waals surface area contributed by atoms with E-state index in [1.807, 2.05) is 31.2 Å². The molecule has 23 heavy (non-hydrogen) atoms. The molecule has 0 aliphatic rings. The van der Waals surface area contributed by atoms with Crippen molar-refractivity contribution in [2.24, 2.45) is 5.16 Å². The molecule has 2 aromatic rings. The van der Waals surface area contributed by atoms with Gasteiger partial charge in [0.15, 0.2) is 0 Å². The van der Waals surface area contributed by atoms with Crippen molar-refractivity contribution in [3.8, 4) is 5.75 Å². The summed E-state index contributed by atoms with van der Waals surface area (Å²) >= 11 is 0. The number of hydrogen-bond donors (Lipinski definition) is 3. The minimum Gasteiger partial charge on any atom is -0.508 e. The van der Waals surface area contributed by atoms with Gasteiger partial charge in [0.1, 0.15) is 11.5 Å². The fraction of sp³-hybridized carbons (Fsp3) is 0.222. The van der Waals surface area contributed by atoms with Gasteiger partial charge >= 0.3 is 0 Å². The van der Waals surface area contributed by atoms with Crippen LogP contribution in [0.15, 0.2) is 53.7 Å². The number of hydrogen-bond acceptors (Lipinski definition) is 4. The van der Waals surface area contributed by atoms with Gasteiger partial charge in [0, 0.05) is 13.0 Å². The first-order valence-corrected chi connectivity index (χ1v) is 7.41. The van der Waals surface area contributed by atoms with Crippen molar-refractivity contribution in [1.29, 1.82) is 0 Å². The van der Waals surface area contributed by atoms with Crippen LogP contribution in [-0.4, -0.2) is 28.5 Å². The van der Waals surface area contributed by atoms with Crippen molar-refractivity contribution in [3.63, 3.8) is 0 Å². The molecule has 0 bridgehead atoms. The van der Waals surface area contributed by atoms with E-state index in [-0.39, 0.29) is 17.9 Å². The van der Waals surface area contributed by atoms with Crippen LogP contribution in [0.3, 0.4) is 0 Å². The van der Waals surface area contributed by atoms with Gasteiger partial charge in [0.25, 0.3) is 5.91 Å². The maximum absolute atomic E-state index is 12.0. The number of nitrogens with one attached hydrogen (secondary N) is 1. The van der Waals surface area contributed by atoms with Crippen molar-refractivity contribution in [3.05, 3.63) is 65.2 Å². The number of phenolic OH excluding ortho intramolecular Hbond substituents is 1. The van der Waals surface area contributed by atoms with Crippen molar-refractivity contribution in [2.45, 2.75) is 19.8 Å². The summed E-state index contributed by atoms with van der Waals surface area (Å²) in [5.41, 5.74) is 3.15. The zero-order chi connectivity index (χ0) is 16.7. The number of amides is 1. The second kappa shape index (κ2) is 7.98. The predicted octanol–water partition coefficient (Wildman–Crippen LogP) is 2.43. The number of carbonyl (C=O) groups excluding carboxylic acids is 1. The Balaban J connectivity index is 1.85. The highest BCUT2D eigenvalue weighted by molar-refractivity contribution is 6.39. The molecular formula is C18H20N2O3. The lowest BCUT2D eigenvalue weighted by atomic mass is 10.1. The molecule has 0 aliphatic heterocycles. The van der Waals surface area contributed by atoms with E-state index in [1.165, 1.54) is 17.7 Å². The smallest absolute Gasteiger partial charge is 0.269 e. The van der Waals surface area contributed by atoms with E-state index in [9.17, 15) is 9.90 Å². The molecule has 0 atom stereocenters. The molecule has 1 amide bonds. The lowest BCUT2D eigenvalue weighted by Crippen LogP contribution is -2.33. The number of benzene rings is 2. The molecule has 2 aromatic carbocycles. The van der Waals surface area contributed by atoms with Crippen molar-refractivity contribution in [2.75, 3.05) is 6.54 Å². The Morgan fingerprint density at radius 3 is 2.26 bits per heavy atom. The second-order valence-electron chi connectivity index (χ2n) is 5.38. The largest absolute Gasteiger partial charge is 0.508 e. The van der Waals surface area contributed by atoms with Crippen LogP contribution < -0.4 is 5.32 Å². The molecule has 0 radical (unpaired) electrons. The summed E-state index contributed by atoms with van der Waals surface area (Å²) in [5, 5.41) is 24.1. The molecule has 2 rings (SSSR count). The Bertz CT molecular complexity index is 676. The third-order valence-electron chi connectivity index (χ3n) is 3.51. The second-order valence-corrected chi connectivity index (χ2v) is 5.38. The van der Waals surface area contributed by atoms with E-state index in [4.69, 9.17) is 5.21 Å². The highest BCUT2D eigenvalue weighted by atomic mass is 16.4. The van der Waals surface area contributed by atoms with Crippen molar-refractivity contribution >= 4 is 11.6 Å². The first-order chi connectivity index (χ1) is 11.1. The third-order valence-corrected chi connectivity index (χ3v) is 3.51. The van der Waals surface area contributed by atoms with E-state index in [2.05, 4.69) is 10.5 Å². The monoisotopic (exact) mass is 312 g/mol. The molecule has 0 saturated carbocycles. The summed E-state index contributed by atoms with van der Waals surface area (Å²) in [6.07, 6.45) is 0.914. The molecule has 0 spiro atoms. The topological polar surface area (TPSA) is 81.9 Å². The molecule has 3 N–H and O–H groups in total. The molecule has 5 nitrogen and oxygen atoms in total. The summed E-state index contributed by atoms with van der Waals surface area (Å²) in [6, 6.07) is 14.5. The van der Waals surface area contributed by atoms with Crippen LogP contribution >= 0.6 is 0 Å². The van der Waals surface area contributed by atoms with Crippen LogP contribution in [-0.2, 0) is 17.6 Å². The van der Waals surface area contributed by atoms with Gasteiger partial charge < -0.3 is 15.6 Å². The van der Waals surface area contributed by atoms with Gasteiger partial charge in [-0.05, 0) is 36.6 Å². The number of phenols is 1. The van der Waals surface area contributed by atoms with Gasteiger partial charge in [0.05, 0.1) is 0 Å². The fourth-order valence-electron chi connectivity index (χ4n) is 2.15. The average molecular weight is 312 g/mol. The number of rotatable bonds is 6. The molecule has 0 heterocycles. The van der Waals surface area contributed by atoms with Crippen LogP contribution in [0.1, 0.15) is 16.7 Å². The standard InChI is InChI=1S/C18H20N2O3/c1-13-2-4-14(5-3-13)10-11-19-18(22)17(20-23)12-15-6-8-16(21)9-7-15/h2-9,21,23H,10-12H2,1H3,(H,19,22)/b20-17+. The summed E-state index contributed by atoms with van der Waals surface area (Å²) in [4.78, 5) is 12.0. The maximum Gasteiger partial charge on any atom is 0.269 e. The van der Waals surface area contributed by atoms with E-state index in [0.29, 0.717) is 13.0 Å². The first kappa shape index (κ1) is 16.5. The summed E-state index contributed by atoms with van der Waals surface area (Å²) < 4.78 is 0. The fourth-order valence-corrected chi connectivity index (χ4v) is 2.15. The Hall–Kier alpha value is -2.82. The lowest BCUT2D eigenvalue weighted by Gasteiger charge is -2.07. The summed E-state index contributed by atoms with van der Waals surface area (Å²) in [6.45, 7) is 2.50. The Morgan fingerprint density at radius 1 is 1.04 bits per heavy atom. The molecule has 120 valence electrons. The Labute approximate surface area is 135 Å². The third kappa shape index (κ3) is 5.14. The van der Waals surface area contributed by atoms with Crippen LogP contribution in [0.2, 0.25) is 0 Å². The zero-order valence-corrected chi connectivity index (χ0v) is 13.0. The number of oxime groups is 1. The minimum absolute atomic E-state index is 0.0413. The van der Waals surface area contributed by atoms with Gasteiger partial charge in [-0.1, -0.05) is 47.1 Å². The van der Waals surface area contributed by atoms with Crippen LogP contribution in [0.5, 0.6) is 5.75 Å². The number of aryl methyl sites for hydroxylation is 1. The van der Waals surface area contributed by atoms with Crippen LogP contribution in [0.4, 0.5) is 0 Å². The lowest BCUT2D eigenvalue weighted by molar-refractivity contribution is -0.115. The summed E-state index contributed by atoms with van der Waals surface area (Å²) in [5.74, 6) is -0.244. The molecule has 0 aromatic heterocycles. The van der Waals surface area contributed by atoms with Gasteiger partial charge in [0.2, 0.25) is 0 Å². The van der Waals surface area contributed by atoms with Gasteiger partial charge in [-0.25, -0.2) is 0 Å². The van der Waals surface area contributed by atoms with Gasteiger partial charge in [-0.15, -0.1) is 0 Å². The number of nitrogens with zero attached hydrogens (tertiary/aromatic N) is 1. The average Bonchev–Trinajstić information content (AvgIpc) is 2.56. The van der Waals surface area contributed by atoms with Crippen LogP contribution in [0, 0.1) is 6.92 Å². The van der Waals surface area contributed by atoms with Crippen LogP contribution in [0.25, 0.3) is 0 Å². The molecule has 0 aliphatic carbocycles. The van der Waals surface area contributed by atoms with E-state index >= 15 is 0 Å². The van der Waals surface area contributed by atoms with E-state index in [0.717, 1.165) is 11.1 Å². The summed E-state index contributed by atoms with van der Waals surface area (Å²) in [7, 11) is 0. The molecule has 0 unspecified atom stereocenters. The molecule has 0 saturated heterocycles. The van der Waals surface area contributed by atoms with Crippen molar-refractivity contribution in [1.82, 2.24) is 5.32 Å². The Morgan fingerprint density at radius 2 is 1.65 bits per heavy atom. The SMILES string of the molecule is Cc1ccc(CCNC(=O)/C(Cc2ccc(O)cc2)=N/O)cc1. The molecule has 0 fully saturated rings. The Kier molecular flexibility index (Phi) is 5.74. The van der Waals surface area contributed by atoms with Gasteiger partial charge in [-0.3, -0.25) is 4.79 Å². The normalized spacial score (nSPS) is 11.3. The molecular weight excluding hydrogens is 292 g/mol. The maximum atomic E-state index is 12.0. The number of aromatic hydroxyl groups is 1. The van der Waals surface area contributed by atoms with E-state index in [1.54, 1.807) is 12.1 Å². The predicted molar refractivity (Wildman–Crippen MR) is 88.9 cm³/mol. The number of carbonyl (C=O) groups is 1. The quantitative estimate of drug-likeness (QED) is 0.435.